The van der Waals surface area contributed by atoms with Crippen molar-refractivity contribution in [3.05, 3.63) is 35.4 Å². The Hall–Kier alpha value is -1.11. The molecular weight excluding hydrogens is 196 g/mol. The Kier molecular flexibility index (Phi) is 2.88. The zero-order valence-corrected chi connectivity index (χ0v) is 10.4. The van der Waals surface area contributed by atoms with E-state index in [2.05, 4.69) is 26.8 Å². The monoisotopic (exact) mass is 216 g/mol. The van der Waals surface area contributed by atoms with Crippen LogP contribution in [0.25, 0.3) is 0 Å². The summed E-state index contributed by atoms with van der Waals surface area (Å²) in [6, 6.07) is 8.12. The third kappa shape index (κ3) is 2.34. The van der Waals surface area contributed by atoms with Crippen LogP contribution < -0.4 is 0 Å². The molecule has 0 amide bonds. The van der Waals surface area contributed by atoms with Crippen LogP contribution in [0.3, 0.4) is 0 Å². The Balaban J connectivity index is 2.31. The summed E-state index contributed by atoms with van der Waals surface area (Å²) in [5, 5.41) is 0. The molecule has 1 aliphatic rings. The number of hydrogen-bond acceptors (Lipinski definition) is 1. The molecule has 1 aromatic carbocycles. The second-order valence-electron chi connectivity index (χ2n) is 6.01. The first-order valence-electron chi connectivity index (χ1n) is 6.09. The van der Waals surface area contributed by atoms with Gasteiger partial charge in [0.15, 0.2) is 5.78 Å². The van der Waals surface area contributed by atoms with Gasteiger partial charge in [-0.3, -0.25) is 4.79 Å². The average Bonchev–Trinajstić information content (AvgIpc) is 2.21. The maximum Gasteiger partial charge on any atom is 0.163 e. The summed E-state index contributed by atoms with van der Waals surface area (Å²) in [5.74, 6) is 0.884. The minimum absolute atomic E-state index is 0.320. The van der Waals surface area contributed by atoms with Crippen molar-refractivity contribution in [1.29, 1.82) is 0 Å². The Morgan fingerprint density at radius 3 is 2.62 bits per heavy atom. The quantitative estimate of drug-likeness (QED) is 0.688. The first-order valence-corrected chi connectivity index (χ1v) is 6.09. The summed E-state index contributed by atoms with van der Waals surface area (Å²) >= 11 is 0. The lowest BCUT2D eigenvalue weighted by Gasteiger charge is -2.30. The van der Waals surface area contributed by atoms with Gasteiger partial charge in [0.2, 0.25) is 0 Å². The smallest absolute Gasteiger partial charge is 0.163 e. The van der Waals surface area contributed by atoms with Gasteiger partial charge in [-0.25, -0.2) is 0 Å². The third-order valence-electron chi connectivity index (χ3n) is 3.28. The number of carbonyl (C=O) groups is 1. The highest BCUT2D eigenvalue weighted by Crippen LogP contribution is 2.39. The highest BCUT2D eigenvalue weighted by atomic mass is 16.1. The molecule has 2 rings (SSSR count). The fourth-order valence-corrected chi connectivity index (χ4v) is 2.65. The van der Waals surface area contributed by atoms with Crippen LogP contribution in [-0.2, 0) is 0 Å². The second-order valence-corrected chi connectivity index (χ2v) is 6.01. The van der Waals surface area contributed by atoms with Crippen molar-refractivity contribution in [3.8, 4) is 0 Å². The Labute approximate surface area is 97.9 Å². The second kappa shape index (κ2) is 4.04. The summed E-state index contributed by atoms with van der Waals surface area (Å²) in [5.41, 5.74) is 2.56. The molecule has 1 heteroatoms. The number of carbonyl (C=O) groups excluding carboxylic acids is 1. The lowest BCUT2D eigenvalue weighted by molar-refractivity contribution is 0.0962. The van der Waals surface area contributed by atoms with Crippen LogP contribution in [0.1, 0.15) is 61.9 Å². The molecule has 1 atom stereocenters. The van der Waals surface area contributed by atoms with Gasteiger partial charge in [0.1, 0.15) is 0 Å². The molecule has 0 saturated heterocycles. The molecule has 1 nitrogen and oxygen atoms in total. The van der Waals surface area contributed by atoms with Crippen LogP contribution in [0, 0.1) is 5.41 Å². The number of rotatable bonds is 1. The van der Waals surface area contributed by atoms with Crippen molar-refractivity contribution in [2.24, 2.45) is 5.41 Å². The molecule has 0 bridgehead atoms. The maximum atomic E-state index is 11.8. The van der Waals surface area contributed by atoms with E-state index >= 15 is 0 Å². The van der Waals surface area contributed by atoms with Crippen LogP contribution in [0.5, 0.6) is 0 Å². The van der Waals surface area contributed by atoms with Crippen molar-refractivity contribution in [2.75, 3.05) is 0 Å². The fourth-order valence-electron chi connectivity index (χ4n) is 2.65. The summed E-state index contributed by atoms with van der Waals surface area (Å²) < 4.78 is 0. The van der Waals surface area contributed by atoms with E-state index in [-0.39, 0.29) is 0 Å². The van der Waals surface area contributed by atoms with E-state index in [1.165, 1.54) is 5.56 Å². The lowest BCUT2D eigenvalue weighted by atomic mass is 9.74. The Bertz CT molecular complexity index is 398. The molecule has 0 aliphatic heterocycles. The van der Waals surface area contributed by atoms with Gasteiger partial charge in [-0.05, 0) is 29.7 Å². The van der Waals surface area contributed by atoms with Crippen molar-refractivity contribution in [3.63, 3.8) is 0 Å². The molecule has 0 N–H and O–H groups in total. The summed E-state index contributed by atoms with van der Waals surface area (Å²) in [4.78, 5) is 11.8. The molecule has 0 aromatic heterocycles. The molecule has 0 heterocycles. The molecule has 86 valence electrons. The van der Waals surface area contributed by atoms with E-state index in [1.54, 1.807) is 0 Å². The van der Waals surface area contributed by atoms with Gasteiger partial charge in [0.05, 0.1) is 0 Å². The van der Waals surface area contributed by atoms with Crippen molar-refractivity contribution in [2.45, 2.75) is 46.0 Å². The van der Waals surface area contributed by atoms with E-state index in [0.717, 1.165) is 24.8 Å². The SMILES string of the molecule is CC(C)(C)CC1CCC(=O)c2ccccc21. The number of benzene rings is 1. The van der Waals surface area contributed by atoms with Crippen LogP contribution >= 0.6 is 0 Å². The number of ketones is 1. The summed E-state index contributed by atoms with van der Waals surface area (Å²) in [7, 11) is 0. The van der Waals surface area contributed by atoms with E-state index in [0.29, 0.717) is 17.1 Å². The van der Waals surface area contributed by atoms with Gasteiger partial charge >= 0.3 is 0 Å². The van der Waals surface area contributed by atoms with Gasteiger partial charge in [-0.2, -0.15) is 0 Å². The molecule has 1 unspecified atom stereocenters. The zero-order chi connectivity index (χ0) is 11.8. The number of hydrogen-bond donors (Lipinski definition) is 0. The predicted molar refractivity (Wildman–Crippen MR) is 66.8 cm³/mol. The number of fused-ring (bicyclic) bond motifs is 1. The van der Waals surface area contributed by atoms with E-state index < -0.39 is 0 Å². The largest absolute Gasteiger partial charge is 0.294 e. The molecule has 0 spiro atoms. The molecule has 16 heavy (non-hydrogen) atoms. The maximum absolute atomic E-state index is 11.8. The Morgan fingerprint density at radius 1 is 1.25 bits per heavy atom. The van der Waals surface area contributed by atoms with Crippen molar-refractivity contribution < 1.29 is 4.79 Å². The van der Waals surface area contributed by atoms with Gasteiger partial charge in [-0.15, -0.1) is 0 Å². The minimum Gasteiger partial charge on any atom is -0.294 e. The highest BCUT2D eigenvalue weighted by molar-refractivity contribution is 5.98. The predicted octanol–water partition coefficient (Wildman–Crippen LogP) is 4.18. The van der Waals surface area contributed by atoms with E-state index in [1.807, 2.05) is 18.2 Å². The number of Topliss-reactive ketones (excluding diaryl/α,β-unsaturated/α-hetero) is 1. The lowest BCUT2D eigenvalue weighted by Crippen LogP contribution is -2.20. The molecular formula is C15H20O. The van der Waals surface area contributed by atoms with Gasteiger partial charge in [0.25, 0.3) is 0 Å². The van der Waals surface area contributed by atoms with E-state index in [4.69, 9.17) is 0 Å². The van der Waals surface area contributed by atoms with E-state index in [9.17, 15) is 4.79 Å². The first-order chi connectivity index (χ1) is 7.47. The van der Waals surface area contributed by atoms with Crippen LogP contribution in [0.15, 0.2) is 24.3 Å². The molecule has 1 aliphatic carbocycles. The molecule has 1 aromatic rings. The molecule has 0 fully saturated rings. The molecule has 0 saturated carbocycles. The third-order valence-corrected chi connectivity index (χ3v) is 3.28. The average molecular weight is 216 g/mol. The van der Waals surface area contributed by atoms with Crippen molar-refractivity contribution in [1.82, 2.24) is 0 Å². The van der Waals surface area contributed by atoms with Crippen LogP contribution in [0.2, 0.25) is 0 Å². The first kappa shape index (κ1) is 11.4. The normalized spacial score (nSPS) is 20.7. The van der Waals surface area contributed by atoms with Gasteiger partial charge in [0, 0.05) is 12.0 Å². The van der Waals surface area contributed by atoms with Crippen molar-refractivity contribution >= 4 is 5.78 Å². The minimum atomic E-state index is 0.320. The topological polar surface area (TPSA) is 17.1 Å². The van der Waals surface area contributed by atoms with Crippen LogP contribution in [0.4, 0.5) is 0 Å². The fraction of sp³-hybridized carbons (Fsp3) is 0.533. The van der Waals surface area contributed by atoms with Gasteiger partial charge in [-0.1, -0.05) is 45.0 Å². The highest BCUT2D eigenvalue weighted by Gasteiger charge is 2.28. The zero-order valence-electron chi connectivity index (χ0n) is 10.4. The van der Waals surface area contributed by atoms with Crippen LogP contribution in [-0.4, -0.2) is 5.78 Å². The standard InChI is InChI=1S/C15H20O/c1-15(2,3)10-11-8-9-14(16)13-7-5-4-6-12(11)13/h4-7,11H,8-10H2,1-3H3. The van der Waals surface area contributed by atoms with Gasteiger partial charge < -0.3 is 0 Å². The summed E-state index contributed by atoms with van der Waals surface area (Å²) in [6.45, 7) is 6.81. The summed E-state index contributed by atoms with van der Waals surface area (Å²) in [6.07, 6.45) is 2.90. The Morgan fingerprint density at radius 2 is 1.94 bits per heavy atom. The molecule has 0 radical (unpaired) electrons.